The van der Waals surface area contributed by atoms with Crippen LogP contribution in [0.1, 0.15) is 25.7 Å². The van der Waals surface area contributed by atoms with Gasteiger partial charge in [-0.05, 0) is 25.7 Å². The van der Waals surface area contributed by atoms with Crippen LogP contribution in [0.2, 0.25) is 0 Å². The Bertz CT molecular complexity index is 107. The summed E-state index contributed by atoms with van der Waals surface area (Å²) in [5.74, 6) is 0. The number of rotatable bonds is 0. The number of hydrogen-bond donors (Lipinski definition) is 0. The SMILES string of the molecule is C1=CCCCCC=C1.[I][Pd][I]. The fourth-order valence-corrected chi connectivity index (χ4v) is 0.874. The number of hydrogen-bond acceptors (Lipinski definition) is 0. The maximum atomic E-state index is 2.33. The van der Waals surface area contributed by atoms with E-state index in [-0.39, 0.29) is 0 Å². The molecule has 1 aliphatic carbocycles. The van der Waals surface area contributed by atoms with Gasteiger partial charge < -0.3 is 0 Å². The van der Waals surface area contributed by atoms with Crippen LogP contribution in [0, 0.1) is 0 Å². The van der Waals surface area contributed by atoms with Gasteiger partial charge in [-0.1, -0.05) is 24.3 Å². The molecular formula is C8H12I2Pd. The van der Waals surface area contributed by atoms with Gasteiger partial charge in [0.25, 0.3) is 0 Å². The van der Waals surface area contributed by atoms with Crippen LogP contribution >= 0.6 is 39.0 Å². The summed E-state index contributed by atoms with van der Waals surface area (Å²) >= 11 is 4.65. The number of halogens is 2. The molecule has 68 valence electrons. The maximum absolute atomic E-state index is 2.33. The van der Waals surface area contributed by atoms with Gasteiger partial charge in [-0.25, -0.2) is 0 Å². The first-order chi connectivity index (χ1) is 5.41. The molecule has 0 aromatic rings. The van der Waals surface area contributed by atoms with Gasteiger partial charge in [-0.3, -0.25) is 0 Å². The van der Waals surface area contributed by atoms with E-state index in [9.17, 15) is 0 Å². The fourth-order valence-electron chi connectivity index (χ4n) is 0.874. The van der Waals surface area contributed by atoms with E-state index in [0.717, 1.165) is 10.8 Å². The third kappa shape index (κ3) is 11.6. The van der Waals surface area contributed by atoms with Crippen LogP contribution in [0.15, 0.2) is 24.3 Å². The standard InChI is InChI=1S/C8H12.2HI.Pd/c1-2-4-6-8-7-5-3-1;;;/h1-4H,5-8H2;2*1H;/q;;;+2/p-2. The molecule has 1 rings (SSSR count). The van der Waals surface area contributed by atoms with Crippen LogP contribution in [-0.2, 0) is 10.8 Å². The van der Waals surface area contributed by atoms with Crippen LogP contribution in [0.4, 0.5) is 0 Å². The number of allylic oxidation sites excluding steroid dienone is 4. The summed E-state index contributed by atoms with van der Waals surface area (Å²) in [4.78, 5) is 0. The van der Waals surface area contributed by atoms with Crippen molar-refractivity contribution >= 4 is 39.0 Å². The second-order valence-electron chi connectivity index (χ2n) is 2.19. The molecule has 0 N–H and O–H groups in total. The molecule has 0 spiro atoms. The Morgan fingerprint density at radius 3 is 1.64 bits per heavy atom. The van der Waals surface area contributed by atoms with Crippen molar-refractivity contribution in [1.29, 1.82) is 0 Å². The summed E-state index contributed by atoms with van der Waals surface area (Å²) in [6.07, 6.45) is 14.0. The molecule has 0 bridgehead atoms. The van der Waals surface area contributed by atoms with Crippen LogP contribution in [0.25, 0.3) is 0 Å². The van der Waals surface area contributed by atoms with Gasteiger partial charge in [0.1, 0.15) is 0 Å². The second kappa shape index (κ2) is 11.6. The van der Waals surface area contributed by atoms with Gasteiger partial charge in [0.15, 0.2) is 0 Å². The van der Waals surface area contributed by atoms with Crippen LogP contribution in [0.3, 0.4) is 0 Å². The van der Waals surface area contributed by atoms with Gasteiger partial charge in [0.2, 0.25) is 0 Å². The third-order valence-electron chi connectivity index (χ3n) is 1.37. The molecule has 0 saturated carbocycles. The Hall–Kier alpha value is 1.60. The zero-order chi connectivity index (χ0) is 8.36. The quantitative estimate of drug-likeness (QED) is 0.364. The molecule has 11 heavy (non-hydrogen) atoms. The Morgan fingerprint density at radius 1 is 0.909 bits per heavy atom. The molecule has 0 unspecified atom stereocenters. The Kier molecular flexibility index (Phi) is 13.3. The van der Waals surface area contributed by atoms with Crippen LogP contribution in [-0.4, -0.2) is 0 Å². The molecular weight excluding hydrogens is 456 g/mol. The summed E-state index contributed by atoms with van der Waals surface area (Å²) in [6, 6.07) is 0. The van der Waals surface area contributed by atoms with Gasteiger partial charge >= 0.3 is 49.8 Å². The van der Waals surface area contributed by atoms with Crippen molar-refractivity contribution in [2.45, 2.75) is 25.7 Å². The predicted molar refractivity (Wildman–Crippen MR) is 64.8 cm³/mol. The van der Waals surface area contributed by atoms with E-state index in [4.69, 9.17) is 0 Å². The molecule has 0 heterocycles. The van der Waals surface area contributed by atoms with Crippen molar-refractivity contribution < 1.29 is 10.8 Å². The summed E-state index contributed by atoms with van der Waals surface area (Å²) in [5.41, 5.74) is 0. The zero-order valence-corrected chi connectivity index (χ0v) is 12.1. The Morgan fingerprint density at radius 2 is 1.27 bits per heavy atom. The monoisotopic (exact) mass is 468 g/mol. The minimum atomic E-state index is 0.890. The third-order valence-corrected chi connectivity index (χ3v) is 1.37. The zero-order valence-electron chi connectivity index (χ0n) is 6.21. The molecule has 0 saturated heterocycles. The van der Waals surface area contributed by atoms with Crippen molar-refractivity contribution in [3.05, 3.63) is 24.3 Å². The normalized spacial score (nSPS) is 16.5. The molecule has 0 amide bonds. The van der Waals surface area contributed by atoms with Gasteiger partial charge in [-0.2, -0.15) is 0 Å². The van der Waals surface area contributed by atoms with E-state index >= 15 is 0 Å². The molecule has 0 atom stereocenters. The molecule has 3 heteroatoms. The van der Waals surface area contributed by atoms with Crippen LogP contribution < -0.4 is 0 Å². The summed E-state index contributed by atoms with van der Waals surface area (Å²) in [6.45, 7) is 0. The van der Waals surface area contributed by atoms with Crippen molar-refractivity contribution in [2.75, 3.05) is 0 Å². The topological polar surface area (TPSA) is 0 Å². The predicted octanol–water partition coefficient (Wildman–Crippen LogP) is 4.44. The van der Waals surface area contributed by atoms with Crippen molar-refractivity contribution in [1.82, 2.24) is 0 Å². The second-order valence-corrected chi connectivity index (χ2v) is 14.2. The van der Waals surface area contributed by atoms with E-state index in [1.165, 1.54) is 25.7 Å². The van der Waals surface area contributed by atoms with E-state index in [0.29, 0.717) is 0 Å². The molecule has 0 aromatic carbocycles. The summed E-state index contributed by atoms with van der Waals surface area (Å²) in [5, 5.41) is 0. The van der Waals surface area contributed by atoms with Crippen molar-refractivity contribution in [3.8, 4) is 0 Å². The van der Waals surface area contributed by atoms with Crippen LogP contribution in [0.5, 0.6) is 0 Å². The Labute approximate surface area is 98.4 Å². The van der Waals surface area contributed by atoms with Crippen molar-refractivity contribution in [3.63, 3.8) is 0 Å². The summed E-state index contributed by atoms with van der Waals surface area (Å²) in [7, 11) is 0.890. The molecule has 0 radical (unpaired) electrons. The average Bonchev–Trinajstić information content (AvgIpc) is 1.86. The van der Waals surface area contributed by atoms with Gasteiger partial charge in [0.05, 0.1) is 0 Å². The molecule has 0 nitrogen and oxygen atoms in total. The fraction of sp³-hybridized carbons (Fsp3) is 0.500. The van der Waals surface area contributed by atoms with E-state index in [2.05, 4.69) is 63.3 Å². The van der Waals surface area contributed by atoms with Crippen molar-refractivity contribution in [2.24, 2.45) is 0 Å². The van der Waals surface area contributed by atoms with E-state index in [1.54, 1.807) is 0 Å². The first kappa shape index (κ1) is 12.6. The van der Waals surface area contributed by atoms with E-state index in [1.807, 2.05) is 0 Å². The van der Waals surface area contributed by atoms with Gasteiger partial charge in [-0.15, -0.1) is 0 Å². The molecule has 0 fully saturated rings. The Balaban J connectivity index is 0.000000292. The first-order valence-electron chi connectivity index (χ1n) is 3.56. The average molecular weight is 468 g/mol. The minimum absolute atomic E-state index is 0.890. The first-order valence-corrected chi connectivity index (χ1v) is 12.8. The molecule has 0 aromatic heterocycles. The summed E-state index contributed by atoms with van der Waals surface area (Å²) < 4.78 is 0. The van der Waals surface area contributed by atoms with E-state index < -0.39 is 0 Å². The molecule has 0 aliphatic heterocycles. The molecule has 1 aliphatic rings. The van der Waals surface area contributed by atoms with Gasteiger partial charge in [0, 0.05) is 0 Å².